The predicted octanol–water partition coefficient (Wildman–Crippen LogP) is 1.73. The van der Waals surface area contributed by atoms with Crippen LogP contribution in [0.4, 0.5) is 5.69 Å². The number of primary amides is 1. The molecule has 1 aromatic carbocycles. The van der Waals surface area contributed by atoms with Crippen molar-refractivity contribution in [1.82, 2.24) is 14.8 Å². The van der Waals surface area contributed by atoms with Crippen LogP contribution in [-0.4, -0.2) is 32.3 Å². The van der Waals surface area contributed by atoms with Gasteiger partial charge in [0.2, 0.25) is 11.8 Å². The summed E-state index contributed by atoms with van der Waals surface area (Å²) in [6.07, 6.45) is 0.658. The number of hydrogen-bond acceptors (Lipinski definition) is 5. The van der Waals surface area contributed by atoms with Gasteiger partial charge >= 0.3 is 0 Å². The molecule has 0 spiro atoms. The number of thioether (sulfide) groups is 1. The highest BCUT2D eigenvalue weighted by Crippen LogP contribution is 2.18. The van der Waals surface area contributed by atoms with Crippen molar-refractivity contribution in [3.8, 4) is 0 Å². The minimum atomic E-state index is -0.379. The van der Waals surface area contributed by atoms with Crippen LogP contribution < -0.4 is 11.1 Å². The molecule has 1 aromatic heterocycles. The number of hydrogen-bond donors (Lipinski definition) is 2. The van der Waals surface area contributed by atoms with Gasteiger partial charge in [0.05, 0.1) is 5.75 Å². The van der Waals surface area contributed by atoms with Crippen molar-refractivity contribution in [2.24, 2.45) is 12.8 Å². The van der Waals surface area contributed by atoms with Crippen molar-refractivity contribution in [1.29, 1.82) is 0 Å². The van der Waals surface area contributed by atoms with Crippen molar-refractivity contribution in [2.75, 3.05) is 11.1 Å². The number of nitrogens with one attached hydrogen (secondary N) is 1. The van der Waals surface area contributed by atoms with Gasteiger partial charge < -0.3 is 15.6 Å². The van der Waals surface area contributed by atoms with Crippen LogP contribution in [0.1, 0.15) is 12.2 Å². The first-order valence-corrected chi connectivity index (χ1v) is 8.58. The fourth-order valence-electron chi connectivity index (χ4n) is 1.78. The normalized spacial score (nSPS) is 10.5. The summed E-state index contributed by atoms with van der Waals surface area (Å²) >= 11 is 4.63. The third-order valence-corrected chi connectivity index (χ3v) is 4.53. The van der Waals surface area contributed by atoms with Gasteiger partial charge in [0, 0.05) is 30.0 Å². The number of rotatable bonds is 7. The highest BCUT2D eigenvalue weighted by atomic mass is 79.9. The molecule has 0 aliphatic rings. The Morgan fingerprint density at radius 2 is 2.00 bits per heavy atom. The summed E-state index contributed by atoms with van der Waals surface area (Å²) in [5.41, 5.74) is 5.86. The molecule has 9 heteroatoms. The Morgan fingerprint density at radius 1 is 1.30 bits per heavy atom. The molecule has 0 saturated carbocycles. The van der Waals surface area contributed by atoms with E-state index in [-0.39, 0.29) is 24.0 Å². The molecular formula is C14H16BrN5O2S. The van der Waals surface area contributed by atoms with Gasteiger partial charge in [0.25, 0.3) is 0 Å². The molecule has 2 amide bonds. The van der Waals surface area contributed by atoms with Gasteiger partial charge in [-0.2, -0.15) is 0 Å². The number of benzene rings is 1. The Balaban J connectivity index is 1.86. The Kier molecular flexibility index (Phi) is 6.17. The average molecular weight is 398 g/mol. The first-order valence-electron chi connectivity index (χ1n) is 6.80. The summed E-state index contributed by atoms with van der Waals surface area (Å²) in [5, 5.41) is 11.5. The molecule has 7 nitrogen and oxygen atoms in total. The number of halogens is 1. The molecule has 0 fully saturated rings. The lowest BCUT2D eigenvalue weighted by molar-refractivity contribution is -0.118. The molecule has 0 radical (unpaired) electrons. The van der Waals surface area contributed by atoms with Gasteiger partial charge in [-0.3, -0.25) is 9.59 Å². The molecule has 1 heterocycles. The monoisotopic (exact) mass is 397 g/mol. The van der Waals surface area contributed by atoms with Crippen LogP contribution in [0, 0.1) is 0 Å². The number of aryl methyl sites for hydroxylation is 1. The largest absolute Gasteiger partial charge is 0.370 e. The minimum absolute atomic E-state index is 0.126. The molecule has 0 bridgehead atoms. The smallest absolute Gasteiger partial charge is 0.234 e. The van der Waals surface area contributed by atoms with Crippen LogP contribution in [0.2, 0.25) is 0 Å². The Bertz CT molecular complexity index is 702. The molecule has 23 heavy (non-hydrogen) atoms. The number of anilines is 1. The molecule has 2 aromatic rings. The summed E-state index contributed by atoms with van der Waals surface area (Å²) in [4.78, 5) is 22.7. The third kappa shape index (κ3) is 5.36. The first kappa shape index (κ1) is 17.5. The van der Waals surface area contributed by atoms with Crippen molar-refractivity contribution in [3.63, 3.8) is 0 Å². The maximum atomic E-state index is 11.9. The fraction of sp³-hybridized carbons (Fsp3) is 0.286. The van der Waals surface area contributed by atoms with Gasteiger partial charge in [-0.25, -0.2) is 0 Å². The topological polar surface area (TPSA) is 103 Å². The Morgan fingerprint density at radius 3 is 2.65 bits per heavy atom. The van der Waals surface area contributed by atoms with Crippen molar-refractivity contribution < 1.29 is 9.59 Å². The number of carbonyl (C=O) groups excluding carboxylic acids is 2. The van der Waals surface area contributed by atoms with E-state index in [2.05, 4.69) is 31.4 Å². The molecule has 0 aliphatic carbocycles. The quantitative estimate of drug-likeness (QED) is 0.692. The average Bonchev–Trinajstić information content (AvgIpc) is 2.86. The van der Waals surface area contributed by atoms with Crippen LogP contribution in [0.3, 0.4) is 0 Å². The van der Waals surface area contributed by atoms with Crippen LogP contribution in [0.25, 0.3) is 0 Å². The number of aromatic nitrogens is 3. The van der Waals surface area contributed by atoms with Gasteiger partial charge in [-0.05, 0) is 24.3 Å². The Hall–Kier alpha value is -1.87. The predicted molar refractivity (Wildman–Crippen MR) is 92.0 cm³/mol. The lowest BCUT2D eigenvalue weighted by Crippen LogP contribution is -2.14. The third-order valence-electron chi connectivity index (χ3n) is 2.98. The molecule has 122 valence electrons. The summed E-state index contributed by atoms with van der Waals surface area (Å²) in [6.45, 7) is 0. The number of nitrogens with zero attached hydrogens (tertiary/aromatic N) is 3. The summed E-state index contributed by atoms with van der Waals surface area (Å²) < 4.78 is 2.72. The molecule has 0 unspecified atom stereocenters. The number of nitrogens with two attached hydrogens (primary N) is 1. The van der Waals surface area contributed by atoms with Gasteiger partial charge in [-0.15, -0.1) is 10.2 Å². The minimum Gasteiger partial charge on any atom is -0.370 e. The first-order chi connectivity index (χ1) is 11.0. The van der Waals surface area contributed by atoms with Crippen LogP contribution >= 0.6 is 27.7 Å². The maximum absolute atomic E-state index is 11.9. The van der Waals surface area contributed by atoms with E-state index >= 15 is 0 Å². The second kappa shape index (κ2) is 8.11. The van der Waals surface area contributed by atoms with E-state index in [4.69, 9.17) is 5.73 Å². The van der Waals surface area contributed by atoms with Gasteiger partial charge in [0.15, 0.2) is 5.16 Å². The fourth-order valence-corrected chi connectivity index (χ4v) is 2.78. The van der Waals surface area contributed by atoms with Crippen LogP contribution in [0.15, 0.2) is 33.9 Å². The zero-order valence-electron chi connectivity index (χ0n) is 12.5. The zero-order valence-corrected chi connectivity index (χ0v) is 14.9. The van der Waals surface area contributed by atoms with Crippen LogP contribution in [-0.2, 0) is 23.1 Å². The van der Waals surface area contributed by atoms with Crippen LogP contribution in [0.5, 0.6) is 0 Å². The SMILES string of the molecule is Cn1c(CCC(N)=O)nnc1SCC(=O)Nc1ccc(Br)cc1. The highest BCUT2D eigenvalue weighted by molar-refractivity contribution is 9.10. The van der Waals surface area contributed by atoms with Crippen molar-refractivity contribution in [2.45, 2.75) is 18.0 Å². The van der Waals surface area contributed by atoms with Crippen molar-refractivity contribution >= 4 is 45.2 Å². The van der Waals surface area contributed by atoms with Crippen molar-refractivity contribution in [3.05, 3.63) is 34.6 Å². The van der Waals surface area contributed by atoms with E-state index in [0.29, 0.717) is 17.4 Å². The molecule has 2 rings (SSSR count). The molecule has 0 saturated heterocycles. The lowest BCUT2D eigenvalue weighted by Gasteiger charge is -2.05. The van der Waals surface area contributed by atoms with E-state index in [1.54, 1.807) is 11.6 Å². The second-order valence-corrected chi connectivity index (χ2v) is 6.63. The summed E-state index contributed by atoms with van der Waals surface area (Å²) in [6, 6.07) is 7.35. The number of carbonyl (C=O) groups is 2. The standard InChI is InChI=1S/C14H16BrN5O2S/c1-20-12(7-6-11(16)21)18-19-14(20)23-8-13(22)17-10-4-2-9(15)3-5-10/h2-5H,6-8H2,1H3,(H2,16,21)(H,17,22). The molecule has 0 aliphatic heterocycles. The van der Waals surface area contributed by atoms with Gasteiger partial charge in [-0.1, -0.05) is 27.7 Å². The maximum Gasteiger partial charge on any atom is 0.234 e. The lowest BCUT2D eigenvalue weighted by atomic mass is 10.3. The van der Waals surface area contributed by atoms with Gasteiger partial charge in [0.1, 0.15) is 5.82 Å². The van der Waals surface area contributed by atoms with E-state index in [9.17, 15) is 9.59 Å². The van der Waals surface area contributed by atoms with E-state index in [1.165, 1.54) is 11.8 Å². The highest BCUT2D eigenvalue weighted by Gasteiger charge is 2.12. The van der Waals surface area contributed by atoms with E-state index in [0.717, 1.165) is 10.2 Å². The molecule has 3 N–H and O–H groups in total. The van der Waals surface area contributed by atoms with E-state index < -0.39 is 0 Å². The van der Waals surface area contributed by atoms with E-state index in [1.807, 2.05) is 24.3 Å². The molecule has 0 atom stereocenters. The summed E-state index contributed by atoms with van der Waals surface area (Å²) in [7, 11) is 1.80. The number of amides is 2. The summed E-state index contributed by atoms with van der Waals surface area (Å²) in [5.74, 6) is 0.382. The zero-order chi connectivity index (χ0) is 16.8. The Labute approximate surface area is 146 Å². The second-order valence-electron chi connectivity index (χ2n) is 4.77. The molecular weight excluding hydrogens is 382 g/mol.